The van der Waals surface area contributed by atoms with E-state index in [4.69, 9.17) is 5.11 Å². The van der Waals surface area contributed by atoms with Crippen molar-refractivity contribution >= 4 is 22.7 Å². The Morgan fingerprint density at radius 2 is 1.89 bits per heavy atom. The van der Waals surface area contributed by atoms with Crippen LogP contribution in [0.5, 0.6) is 0 Å². The van der Waals surface area contributed by atoms with Crippen LogP contribution in [-0.2, 0) is 13.5 Å². The number of benzene rings is 1. The van der Waals surface area contributed by atoms with Crippen molar-refractivity contribution in [3.8, 4) is 5.69 Å². The van der Waals surface area contributed by atoms with E-state index < -0.39 is 5.97 Å². The maximum Gasteiger partial charge on any atom is 0.335 e. The first-order valence-corrected chi connectivity index (χ1v) is 12.9. The van der Waals surface area contributed by atoms with Crippen LogP contribution in [0.15, 0.2) is 59.7 Å². The van der Waals surface area contributed by atoms with E-state index >= 15 is 0 Å². The summed E-state index contributed by atoms with van der Waals surface area (Å²) in [6, 6.07) is 13.6. The first kappa shape index (κ1) is 23.5. The number of piperidine rings is 1. The fraction of sp³-hybridized carbons (Fsp3) is 0.345. The van der Waals surface area contributed by atoms with Crippen LogP contribution in [0, 0.1) is 0 Å². The van der Waals surface area contributed by atoms with Crippen LogP contribution in [0.1, 0.15) is 58.9 Å². The molecule has 3 aromatic heterocycles. The predicted octanol–water partition coefficient (Wildman–Crippen LogP) is 4.33. The number of carbonyl (C=O) groups is 1. The summed E-state index contributed by atoms with van der Waals surface area (Å²) in [5, 5.41) is 13.4. The molecule has 8 nitrogen and oxygen atoms in total. The minimum Gasteiger partial charge on any atom is -0.478 e. The van der Waals surface area contributed by atoms with Gasteiger partial charge in [-0.3, -0.25) is 14.3 Å². The largest absolute Gasteiger partial charge is 0.478 e. The molecule has 1 saturated heterocycles. The minimum absolute atomic E-state index is 0.0342. The van der Waals surface area contributed by atoms with Gasteiger partial charge in [0.15, 0.2) is 0 Å². The fourth-order valence-corrected chi connectivity index (χ4v) is 6.04. The predicted molar refractivity (Wildman–Crippen MR) is 144 cm³/mol. The Hall–Kier alpha value is -3.91. The van der Waals surface area contributed by atoms with E-state index in [2.05, 4.69) is 39.8 Å². The normalized spacial score (nSPS) is 17.0. The molecule has 0 amide bonds. The molecule has 190 valence electrons. The number of hydrogen-bond donors (Lipinski definition) is 2. The van der Waals surface area contributed by atoms with Crippen molar-refractivity contribution in [2.45, 2.75) is 38.1 Å². The molecule has 0 unspecified atom stereocenters. The summed E-state index contributed by atoms with van der Waals surface area (Å²) in [4.78, 5) is 31.6. The SMILES string of the molecule is C[C@@H](c1cc2c(-n3ccc4c(c3=O)CCN4)ccnc2n1C)N1CCC(c2ccc(C(=O)O)cc2)CC1. The van der Waals surface area contributed by atoms with Gasteiger partial charge in [0.25, 0.3) is 5.56 Å². The number of hydrogen-bond acceptors (Lipinski definition) is 5. The minimum atomic E-state index is -0.888. The number of likely N-dealkylation sites (tertiary alicyclic amines) is 1. The molecule has 1 atom stereocenters. The fourth-order valence-electron chi connectivity index (χ4n) is 6.04. The molecule has 2 N–H and O–H groups in total. The smallest absolute Gasteiger partial charge is 0.335 e. The molecular formula is C29H31N5O3. The Balaban J connectivity index is 1.25. The summed E-state index contributed by atoms with van der Waals surface area (Å²) in [6.07, 6.45) is 6.45. The van der Waals surface area contributed by atoms with Gasteiger partial charge in [-0.15, -0.1) is 0 Å². The summed E-state index contributed by atoms with van der Waals surface area (Å²) in [5.74, 6) is -0.450. The highest BCUT2D eigenvalue weighted by Gasteiger charge is 2.27. The number of aromatic nitrogens is 3. The first-order valence-electron chi connectivity index (χ1n) is 12.9. The van der Waals surface area contributed by atoms with Crippen LogP contribution < -0.4 is 10.9 Å². The molecule has 1 fully saturated rings. The number of rotatable bonds is 5. The number of fused-ring (bicyclic) bond motifs is 2. The number of aromatic carboxylic acids is 1. The standard InChI is InChI=1S/C29H31N5O3/c1-18(33-14-9-20(10-15-33)19-3-5-21(6-4-19)29(36)37)26-17-23-25(8-13-31-27(23)32(26)2)34-16-11-24-22(28(34)35)7-12-30-24/h3-6,8,11,13,16-18,20,30H,7,9-10,12,14-15H2,1-2H3,(H,36,37)/t18-/m0/s1. The second-order valence-corrected chi connectivity index (χ2v) is 10.2. The Bertz CT molecular complexity index is 1540. The van der Waals surface area contributed by atoms with Crippen molar-refractivity contribution in [1.29, 1.82) is 0 Å². The van der Waals surface area contributed by atoms with E-state index in [1.165, 1.54) is 11.3 Å². The Morgan fingerprint density at radius 1 is 1.14 bits per heavy atom. The lowest BCUT2D eigenvalue weighted by molar-refractivity contribution is 0.0697. The summed E-state index contributed by atoms with van der Waals surface area (Å²) >= 11 is 0. The third kappa shape index (κ3) is 4.01. The monoisotopic (exact) mass is 497 g/mol. The van der Waals surface area contributed by atoms with Gasteiger partial charge >= 0.3 is 5.97 Å². The average molecular weight is 498 g/mol. The molecule has 0 saturated carbocycles. The van der Waals surface area contributed by atoms with E-state index in [0.717, 1.165) is 66.9 Å². The highest BCUT2D eigenvalue weighted by atomic mass is 16.4. The summed E-state index contributed by atoms with van der Waals surface area (Å²) < 4.78 is 3.91. The molecular weight excluding hydrogens is 466 g/mol. The topological polar surface area (TPSA) is 92.4 Å². The van der Waals surface area contributed by atoms with Gasteiger partial charge < -0.3 is 15.0 Å². The molecule has 2 aliphatic heterocycles. The van der Waals surface area contributed by atoms with E-state index in [0.29, 0.717) is 11.5 Å². The number of nitrogens with one attached hydrogen (secondary N) is 1. The molecule has 2 aliphatic rings. The van der Waals surface area contributed by atoms with Crippen LogP contribution >= 0.6 is 0 Å². The van der Waals surface area contributed by atoms with Crippen molar-refractivity contribution in [2.24, 2.45) is 7.05 Å². The van der Waals surface area contributed by atoms with Gasteiger partial charge in [-0.25, -0.2) is 9.78 Å². The molecule has 0 radical (unpaired) electrons. The molecule has 37 heavy (non-hydrogen) atoms. The lowest BCUT2D eigenvalue weighted by Crippen LogP contribution is -2.35. The Labute approximate surface area is 215 Å². The van der Waals surface area contributed by atoms with Crippen molar-refractivity contribution in [2.75, 3.05) is 25.0 Å². The molecule has 1 aromatic carbocycles. The van der Waals surface area contributed by atoms with E-state index in [-0.39, 0.29) is 11.6 Å². The lowest BCUT2D eigenvalue weighted by Gasteiger charge is -2.36. The second kappa shape index (κ2) is 9.19. The number of nitrogens with zero attached hydrogens (tertiary/aromatic N) is 4. The van der Waals surface area contributed by atoms with Gasteiger partial charge in [0, 0.05) is 54.4 Å². The van der Waals surface area contributed by atoms with Crippen LogP contribution in [0.2, 0.25) is 0 Å². The highest BCUT2D eigenvalue weighted by molar-refractivity contribution is 5.87. The average Bonchev–Trinajstić information content (AvgIpc) is 3.54. The number of anilines is 1. The van der Waals surface area contributed by atoms with Gasteiger partial charge in [0.2, 0.25) is 0 Å². The zero-order chi connectivity index (χ0) is 25.7. The molecule has 0 aliphatic carbocycles. The quantitative estimate of drug-likeness (QED) is 0.426. The zero-order valence-electron chi connectivity index (χ0n) is 21.1. The number of carboxylic acids is 1. The van der Waals surface area contributed by atoms with Gasteiger partial charge in [-0.05, 0) is 81.1 Å². The van der Waals surface area contributed by atoms with Gasteiger partial charge in [0.05, 0.1) is 11.3 Å². The van der Waals surface area contributed by atoms with Crippen LogP contribution in [0.3, 0.4) is 0 Å². The van der Waals surface area contributed by atoms with Gasteiger partial charge in [-0.1, -0.05) is 12.1 Å². The third-order valence-electron chi connectivity index (χ3n) is 8.22. The lowest BCUT2D eigenvalue weighted by atomic mass is 9.88. The Kier molecular flexibility index (Phi) is 5.83. The summed E-state index contributed by atoms with van der Waals surface area (Å²) in [6.45, 7) is 4.97. The summed E-state index contributed by atoms with van der Waals surface area (Å²) in [7, 11) is 2.05. The van der Waals surface area contributed by atoms with Crippen LogP contribution in [0.25, 0.3) is 16.7 Å². The third-order valence-corrected chi connectivity index (χ3v) is 8.22. The number of aryl methyl sites for hydroxylation is 1. The summed E-state index contributed by atoms with van der Waals surface area (Å²) in [5.41, 5.74) is 6.28. The van der Waals surface area contributed by atoms with Crippen LogP contribution in [-0.4, -0.2) is 49.7 Å². The van der Waals surface area contributed by atoms with Crippen LogP contribution in [0.4, 0.5) is 5.69 Å². The Morgan fingerprint density at radius 3 is 2.62 bits per heavy atom. The molecule has 4 aromatic rings. The first-order chi connectivity index (χ1) is 17.9. The zero-order valence-corrected chi connectivity index (χ0v) is 21.1. The molecule has 5 heterocycles. The maximum atomic E-state index is 13.2. The van der Waals surface area contributed by atoms with Crippen molar-refractivity contribution < 1.29 is 9.90 Å². The van der Waals surface area contributed by atoms with E-state index in [1.54, 1.807) is 22.9 Å². The highest BCUT2D eigenvalue weighted by Crippen LogP contribution is 2.34. The second-order valence-electron chi connectivity index (χ2n) is 10.2. The number of carboxylic acid groups (broad SMARTS) is 1. The van der Waals surface area contributed by atoms with Crippen molar-refractivity contribution in [3.05, 3.63) is 87.6 Å². The van der Waals surface area contributed by atoms with E-state index in [9.17, 15) is 9.59 Å². The number of pyridine rings is 2. The molecule has 0 bridgehead atoms. The van der Waals surface area contributed by atoms with Gasteiger partial charge in [0.1, 0.15) is 5.65 Å². The molecule has 0 spiro atoms. The van der Waals surface area contributed by atoms with Gasteiger partial charge in [-0.2, -0.15) is 0 Å². The van der Waals surface area contributed by atoms with Crippen molar-refractivity contribution in [3.63, 3.8) is 0 Å². The molecule has 8 heteroatoms. The maximum absolute atomic E-state index is 13.2. The van der Waals surface area contributed by atoms with E-state index in [1.807, 2.05) is 30.5 Å². The van der Waals surface area contributed by atoms with Crippen molar-refractivity contribution in [1.82, 2.24) is 19.0 Å². The molecule has 6 rings (SSSR count).